The number of anilines is 2. The number of amides is 1. The number of benzene rings is 2. The van der Waals surface area contributed by atoms with Crippen LogP contribution in [0.4, 0.5) is 11.8 Å². The molecule has 1 saturated carbocycles. The number of likely N-dealkylation sites (N-methyl/N-ethyl adjacent to an activating group) is 1. The molecule has 4 N–H and O–H groups in total. The zero-order valence-corrected chi connectivity index (χ0v) is 25.4. The van der Waals surface area contributed by atoms with Crippen molar-refractivity contribution in [2.45, 2.75) is 62.4 Å². The number of imidazole rings is 1. The first-order valence-electron chi connectivity index (χ1n) is 15.6. The van der Waals surface area contributed by atoms with Gasteiger partial charge in [-0.25, -0.2) is 4.98 Å². The highest BCUT2D eigenvalue weighted by atomic mass is 16.3. The Morgan fingerprint density at radius 1 is 1.02 bits per heavy atom. The Morgan fingerprint density at radius 3 is 2.39 bits per heavy atom. The second-order valence-corrected chi connectivity index (χ2v) is 12.5. The summed E-state index contributed by atoms with van der Waals surface area (Å²) in [5, 5.41) is 28.4. The highest BCUT2D eigenvalue weighted by Crippen LogP contribution is 2.44. The molecular formula is C33H40N8O3. The van der Waals surface area contributed by atoms with Crippen molar-refractivity contribution in [2.24, 2.45) is 0 Å². The van der Waals surface area contributed by atoms with E-state index >= 15 is 0 Å². The third-order valence-corrected chi connectivity index (χ3v) is 9.70. The molecule has 3 aliphatic rings. The summed E-state index contributed by atoms with van der Waals surface area (Å²) in [7, 11) is 4.19. The molecule has 0 bridgehead atoms. The van der Waals surface area contributed by atoms with Gasteiger partial charge in [0.1, 0.15) is 12.2 Å². The van der Waals surface area contributed by atoms with Gasteiger partial charge >= 0.3 is 0 Å². The van der Waals surface area contributed by atoms with Crippen molar-refractivity contribution in [3.05, 3.63) is 66.0 Å². The largest absolute Gasteiger partial charge is 0.388 e. The van der Waals surface area contributed by atoms with Crippen LogP contribution < -0.4 is 15.5 Å². The molecule has 2 aromatic carbocycles. The Hall–Kier alpha value is -4.06. The van der Waals surface area contributed by atoms with E-state index in [-0.39, 0.29) is 11.8 Å². The molecule has 0 spiro atoms. The summed E-state index contributed by atoms with van der Waals surface area (Å²) in [4.78, 5) is 31.3. The summed E-state index contributed by atoms with van der Waals surface area (Å²) in [6.07, 6.45) is 1.19. The molecule has 7 rings (SSSR count). The number of hydrogen-bond donors (Lipinski definition) is 4. The third-order valence-electron chi connectivity index (χ3n) is 9.70. The molecule has 2 fully saturated rings. The molecule has 3 heterocycles. The van der Waals surface area contributed by atoms with Crippen LogP contribution >= 0.6 is 0 Å². The fourth-order valence-electron chi connectivity index (χ4n) is 7.17. The Labute approximate surface area is 256 Å². The minimum Gasteiger partial charge on any atom is -0.388 e. The molecule has 1 amide bonds. The minimum atomic E-state index is -1.09. The number of aromatic nitrogens is 4. The quantitative estimate of drug-likeness (QED) is 0.243. The molecule has 2 aliphatic carbocycles. The maximum absolute atomic E-state index is 12.1. The Morgan fingerprint density at radius 2 is 1.73 bits per heavy atom. The Balaban J connectivity index is 1.25. The van der Waals surface area contributed by atoms with Gasteiger partial charge in [-0.15, -0.1) is 0 Å². The number of hydrogen-bond acceptors (Lipinski definition) is 9. The van der Waals surface area contributed by atoms with Crippen LogP contribution in [0, 0.1) is 0 Å². The predicted molar refractivity (Wildman–Crippen MR) is 170 cm³/mol. The molecule has 1 aliphatic heterocycles. The summed E-state index contributed by atoms with van der Waals surface area (Å²) in [6, 6.07) is 16.5. The summed E-state index contributed by atoms with van der Waals surface area (Å²) >= 11 is 0. The average Bonchev–Trinajstić information content (AvgIpc) is 3.82. The molecule has 2 aromatic heterocycles. The van der Waals surface area contributed by atoms with Crippen LogP contribution in [-0.2, 0) is 4.79 Å². The van der Waals surface area contributed by atoms with Crippen LogP contribution in [0.5, 0.6) is 0 Å². The molecule has 11 heteroatoms. The van der Waals surface area contributed by atoms with Crippen LogP contribution in [0.25, 0.3) is 22.3 Å². The number of rotatable bonds is 8. The van der Waals surface area contributed by atoms with Gasteiger partial charge in [0.2, 0.25) is 11.9 Å². The van der Waals surface area contributed by atoms with Crippen molar-refractivity contribution < 1.29 is 15.0 Å². The third kappa shape index (κ3) is 4.89. The van der Waals surface area contributed by atoms with Gasteiger partial charge in [0.25, 0.3) is 0 Å². The lowest BCUT2D eigenvalue weighted by molar-refractivity contribution is -0.122. The number of carbonyl (C=O) groups excluding carboxylic acids is 1. The summed E-state index contributed by atoms with van der Waals surface area (Å²) < 4.78 is 1.84. The van der Waals surface area contributed by atoms with E-state index < -0.39 is 24.3 Å². The van der Waals surface area contributed by atoms with E-state index in [1.165, 1.54) is 22.3 Å². The van der Waals surface area contributed by atoms with Crippen LogP contribution in [0.15, 0.2) is 54.9 Å². The van der Waals surface area contributed by atoms with E-state index in [0.717, 1.165) is 19.5 Å². The van der Waals surface area contributed by atoms with Crippen molar-refractivity contribution in [2.75, 3.05) is 43.9 Å². The maximum atomic E-state index is 12.1. The van der Waals surface area contributed by atoms with E-state index in [2.05, 4.69) is 83.1 Å². The highest BCUT2D eigenvalue weighted by molar-refractivity contribution is 5.85. The monoisotopic (exact) mass is 596 g/mol. The molecule has 1 saturated heterocycles. The van der Waals surface area contributed by atoms with E-state index in [1.54, 1.807) is 13.3 Å². The second kappa shape index (κ2) is 11.5. The van der Waals surface area contributed by atoms with Crippen LogP contribution in [-0.4, -0.2) is 98.6 Å². The molecule has 44 heavy (non-hydrogen) atoms. The Kier molecular flexibility index (Phi) is 7.47. The lowest BCUT2D eigenvalue weighted by Crippen LogP contribution is -2.42. The van der Waals surface area contributed by atoms with Gasteiger partial charge < -0.3 is 35.2 Å². The zero-order valence-electron chi connectivity index (χ0n) is 25.4. The second-order valence-electron chi connectivity index (χ2n) is 12.5. The van der Waals surface area contributed by atoms with Gasteiger partial charge in [-0.05, 0) is 49.2 Å². The molecule has 4 aromatic rings. The highest BCUT2D eigenvalue weighted by Gasteiger charge is 2.44. The van der Waals surface area contributed by atoms with Gasteiger partial charge in [0, 0.05) is 38.0 Å². The van der Waals surface area contributed by atoms with Crippen molar-refractivity contribution in [3.8, 4) is 11.1 Å². The van der Waals surface area contributed by atoms with Crippen LogP contribution in [0.1, 0.15) is 49.3 Å². The van der Waals surface area contributed by atoms with E-state index in [0.29, 0.717) is 48.4 Å². The normalized spacial score (nSPS) is 24.7. The first-order chi connectivity index (χ1) is 21.3. The fraction of sp³-hybridized carbons (Fsp3) is 0.455. The van der Waals surface area contributed by atoms with Gasteiger partial charge in [0.15, 0.2) is 17.0 Å². The summed E-state index contributed by atoms with van der Waals surface area (Å²) in [6.45, 7) is 4.04. The zero-order chi connectivity index (χ0) is 30.5. The number of carbonyl (C=O) groups is 1. The molecule has 230 valence electrons. The standard InChI is InChI=1S/C33H40N8O3/c1-4-27(42)36-25-15-26(30(44)29(25)43)41-18-35-28-31(37-33(38-32(28)41)40-14-13-19(17-40)39(2)3)34-16-24-22-11-7-5-9-20(22)21-10-6-8-12-23(21)24/h5-12,18-19,24-26,29-30,43-44H,4,13-17H2,1-3H3,(H,36,42)(H,34,37,38)/t19-,25+,26-,29-,30+/m1/s1. The molecular weight excluding hydrogens is 556 g/mol. The topological polar surface area (TPSA) is 132 Å². The van der Waals surface area contributed by atoms with E-state index in [9.17, 15) is 15.0 Å². The van der Waals surface area contributed by atoms with Crippen molar-refractivity contribution >= 4 is 28.8 Å². The minimum absolute atomic E-state index is 0.151. The summed E-state index contributed by atoms with van der Waals surface area (Å²) in [5.41, 5.74) is 6.30. The van der Waals surface area contributed by atoms with Crippen LogP contribution in [0.2, 0.25) is 0 Å². The SMILES string of the molecule is CCC(=O)N[C@H]1C[C@@H](n2cnc3c(NCC4c5ccccc5-c5ccccc54)nc(N4CC[C@@H](N(C)C)C4)nc32)[C@H](O)[C@@H]1O. The maximum Gasteiger partial charge on any atom is 0.229 e. The van der Waals surface area contributed by atoms with Gasteiger partial charge in [0.05, 0.1) is 18.4 Å². The van der Waals surface area contributed by atoms with Crippen molar-refractivity contribution in [1.82, 2.24) is 29.7 Å². The van der Waals surface area contributed by atoms with Crippen molar-refractivity contribution in [1.29, 1.82) is 0 Å². The Bertz CT molecular complexity index is 1640. The average molecular weight is 597 g/mol. The van der Waals surface area contributed by atoms with E-state index in [4.69, 9.17) is 15.0 Å². The van der Waals surface area contributed by atoms with E-state index in [1.807, 2.05) is 4.57 Å². The predicted octanol–water partition coefficient (Wildman–Crippen LogP) is 2.75. The first kappa shape index (κ1) is 28.7. The number of aliphatic hydroxyl groups excluding tert-OH is 2. The number of nitrogens with one attached hydrogen (secondary N) is 2. The number of fused-ring (bicyclic) bond motifs is 4. The van der Waals surface area contributed by atoms with Crippen molar-refractivity contribution in [3.63, 3.8) is 0 Å². The lowest BCUT2D eigenvalue weighted by Gasteiger charge is -2.22. The number of nitrogens with zero attached hydrogens (tertiary/aromatic N) is 6. The smallest absolute Gasteiger partial charge is 0.229 e. The number of aliphatic hydroxyl groups is 2. The fourth-order valence-corrected chi connectivity index (χ4v) is 7.17. The molecule has 0 unspecified atom stereocenters. The summed E-state index contributed by atoms with van der Waals surface area (Å²) in [5.74, 6) is 1.25. The molecule has 11 nitrogen and oxygen atoms in total. The van der Waals surface area contributed by atoms with Gasteiger partial charge in [-0.3, -0.25) is 4.79 Å². The van der Waals surface area contributed by atoms with Gasteiger partial charge in [-0.2, -0.15) is 9.97 Å². The molecule has 5 atom stereocenters. The van der Waals surface area contributed by atoms with Gasteiger partial charge in [-0.1, -0.05) is 55.5 Å². The first-order valence-corrected chi connectivity index (χ1v) is 15.6. The lowest BCUT2D eigenvalue weighted by atomic mass is 9.97. The molecule has 0 radical (unpaired) electrons. The van der Waals surface area contributed by atoms with Crippen LogP contribution in [0.3, 0.4) is 0 Å².